The molecule has 0 bridgehead atoms. The largest absolute Gasteiger partial charge is 0.385 e. The second kappa shape index (κ2) is 8.01. The van der Waals surface area contributed by atoms with Crippen LogP contribution in [0.1, 0.15) is 69.8 Å². The lowest BCUT2D eigenvalue weighted by Crippen LogP contribution is -2.49. The van der Waals surface area contributed by atoms with Crippen LogP contribution < -0.4 is 0 Å². The molecule has 2 heteroatoms. The molecular weight excluding hydrogens is 294 g/mol. The zero-order valence-electron chi connectivity index (χ0n) is 15.6. The Balaban J connectivity index is 1.68. The third-order valence-corrected chi connectivity index (χ3v) is 6.71. The Morgan fingerprint density at radius 3 is 2.25 bits per heavy atom. The highest BCUT2D eigenvalue weighted by atomic mass is 16.3. The monoisotopic (exact) mass is 330 g/mol. The van der Waals surface area contributed by atoms with Crippen molar-refractivity contribution in [1.82, 2.24) is 0 Å². The average molecular weight is 331 g/mol. The number of quaternary nitrogens is 1. The van der Waals surface area contributed by atoms with Crippen molar-refractivity contribution in [2.75, 3.05) is 26.7 Å². The van der Waals surface area contributed by atoms with Crippen molar-refractivity contribution in [3.63, 3.8) is 0 Å². The lowest BCUT2D eigenvalue weighted by atomic mass is 9.71. The van der Waals surface area contributed by atoms with Gasteiger partial charge in [-0.2, -0.15) is 0 Å². The first-order valence-electron chi connectivity index (χ1n) is 10.2. The van der Waals surface area contributed by atoms with Crippen LogP contribution in [-0.2, 0) is 5.60 Å². The first kappa shape index (κ1) is 17.9. The van der Waals surface area contributed by atoms with Crippen molar-refractivity contribution in [3.05, 3.63) is 35.9 Å². The summed E-state index contributed by atoms with van der Waals surface area (Å²) in [6, 6.07) is 10.5. The van der Waals surface area contributed by atoms with E-state index in [4.69, 9.17) is 0 Å². The van der Waals surface area contributed by atoms with Gasteiger partial charge in [0, 0.05) is 0 Å². The Bertz CT molecular complexity index is 488. The number of benzene rings is 1. The molecule has 1 aliphatic heterocycles. The predicted octanol–water partition coefficient (Wildman–Crippen LogP) is 4.87. The number of likely N-dealkylation sites (tertiary alicyclic amines) is 1. The van der Waals surface area contributed by atoms with Gasteiger partial charge in [-0.05, 0) is 56.4 Å². The van der Waals surface area contributed by atoms with Crippen LogP contribution >= 0.6 is 0 Å². The van der Waals surface area contributed by atoms with E-state index in [1.807, 2.05) is 0 Å². The normalized spacial score (nSPS) is 24.4. The first-order valence-corrected chi connectivity index (χ1v) is 10.2. The molecule has 1 saturated carbocycles. The third kappa shape index (κ3) is 4.21. The topological polar surface area (TPSA) is 20.2 Å². The van der Waals surface area contributed by atoms with Gasteiger partial charge in [-0.3, -0.25) is 0 Å². The number of hydrogen-bond donors (Lipinski definition) is 1. The van der Waals surface area contributed by atoms with Crippen molar-refractivity contribution in [2.45, 2.75) is 69.8 Å². The minimum atomic E-state index is -0.614. The summed E-state index contributed by atoms with van der Waals surface area (Å²) < 4.78 is 1.22. The molecule has 2 aliphatic rings. The molecule has 1 aliphatic carbocycles. The molecule has 0 spiro atoms. The Morgan fingerprint density at radius 2 is 1.58 bits per heavy atom. The molecule has 0 radical (unpaired) electrons. The molecule has 24 heavy (non-hydrogen) atoms. The predicted molar refractivity (Wildman–Crippen MR) is 101 cm³/mol. The summed E-state index contributed by atoms with van der Waals surface area (Å²) in [6.07, 6.45) is 12.5. The minimum Gasteiger partial charge on any atom is -0.385 e. The van der Waals surface area contributed by atoms with Crippen LogP contribution in [0.25, 0.3) is 0 Å². The molecule has 0 amide bonds. The molecule has 0 unspecified atom stereocenters. The van der Waals surface area contributed by atoms with Crippen LogP contribution in [0.4, 0.5) is 0 Å². The molecule has 134 valence electrons. The van der Waals surface area contributed by atoms with Crippen LogP contribution in [-0.4, -0.2) is 36.3 Å². The fraction of sp³-hybridized carbons (Fsp3) is 0.727. The highest BCUT2D eigenvalue weighted by Gasteiger charge is 2.39. The van der Waals surface area contributed by atoms with E-state index in [0.29, 0.717) is 5.92 Å². The SMILES string of the molecule is C[N+]1(CCC[C@](O)(c2ccccc2)C2CCCCC2)CCCCC1. The molecule has 1 aromatic carbocycles. The van der Waals surface area contributed by atoms with Crippen LogP contribution in [0.5, 0.6) is 0 Å². The van der Waals surface area contributed by atoms with Gasteiger partial charge < -0.3 is 9.59 Å². The maximum absolute atomic E-state index is 11.7. The van der Waals surface area contributed by atoms with Crippen molar-refractivity contribution in [3.8, 4) is 0 Å². The smallest absolute Gasteiger partial charge is 0.0926 e. The van der Waals surface area contributed by atoms with E-state index in [9.17, 15) is 5.11 Å². The van der Waals surface area contributed by atoms with Crippen molar-refractivity contribution in [2.24, 2.45) is 5.92 Å². The zero-order chi connectivity index (χ0) is 16.9. The van der Waals surface area contributed by atoms with Crippen LogP contribution in [0.3, 0.4) is 0 Å². The molecule has 0 aromatic heterocycles. The lowest BCUT2D eigenvalue weighted by Gasteiger charge is -2.41. The third-order valence-electron chi connectivity index (χ3n) is 6.71. The van der Waals surface area contributed by atoms with E-state index in [0.717, 1.165) is 18.4 Å². The lowest BCUT2D eigenvalue weighted by molar-refractivity contribution is -0.914. The highest BCUT2D eigenvalue weighted by Crippen LogP contribution is 2.42. The second-order valence-electron chi connectivity index (χ2n) is 8.58. The number of nitrogens with zero attached hydrogens (tertiary/aromatic N) is 1. The summed E-state index contributed by atoms with van der Waals surface area (Å²) >= 11 is 0. The zero-order valence-corrected chi connectivity index (χ0v) is 15.6. The van der Waals surface area contributed by atoms with Gasteiger partial charge in [0.05, 0.1) is 32.3 Å². The summed E-state index contributed by atoms with van der Waals surface area (Å²) in [5, 5.41) is 11.7. The molecule has 1 heterocycles. The molecule has 1 saturated heterocycles. The quantitative estimate of drug-likeness (QED) is 0.738. The van der Waals surface area contributed by atoms with Gasteiger partial charge in [-0.25, -0.2) is 0 Å². The average Bonchev–Trinajstić information content (AvgIpc) is 2.63. The molecule has 2 fully saturated rings. The molecular formula is C22H36NO+. The Morgan fingerprint density at radius 1 is 0.958 bits per heavy atom. The van der Waals surface area contributed by atoms with Crippen molar-refractivity contribution in [1.29, 1.82) is 0 Å². The van der Waals surface area contributed by atoms with E-state index in [1.165, 1.54) is 75.5 Å². The Kier molecular flexibility index (Phi) is 5.99. The van der Waals surface area contributed by atoms with Crippen molar-refractivity contribution < 1.29 is 9.59 Å². The molecule has 2 nitrogen and oxygen atoms in total. The standard InChI is InChI=1S/C22H36NO/c1-23(17-9-4-10-18-23)19-11-16-22(24,20-12-5-2-6-13-20)21-14-7-3-8-15-21/h2,5-6,12-13,21,24H,3-4,7-11,14-19H2,1H3/q+1/t22-/m0/s1. The fourth-order valence-corrected chi connectivity index (χ4v) is 5.12. The number of aliphatic hydroxyl groups is 1. The van der Waals surface area contributed by atoms with E-state index >= 15 is 0 Å². The van der Waals surface area contributed by atoms with E-state index in [2.05, 4.69) is 37.4 Å². The van der Waals surface area contributed by atoms with Gasteiger partial charge in [0.25, 0.3) is 0 Å². The maximum Gasteiger partial charge on any atom is 0.0926 e. The number of hydrogen-bond acceptors (Lipinski definition) is 1. The fourth-order valence-electron chi connectivity index (χ4n) is 5.12. The minimum absolute atomic E-state index is 0.445. The Labute approximate surface area is 148 Å². The number of rotatable bonds is 6. The highest BCUT2D eigenvalue weighted by molar-refractivity contribution is 5.23. The summed E-state index contributed by atoms with van der Waals surface area (Å²) in [5.41, 5.74) is 0.537. The van der Waals surface area contributed by atoms with Gasteiger partial charge >= 0.3 is 0 Å². The van der Waals surface area contributed by atoms with Crippen LogP contribution in [0, 0.1) is 5.92 Å². The molecule has 1 N–H and O–H groups in total. The van der Waals surface area contributed by atoms with E-state index in [1.54, 1.807) is 0 Å². The van der Waals surface area contributed by atoms with Gasteiger partial charge in [0.1, 0.15) is 0 Å². The molecule has 1 atom stereocenters. The van der Waals surface area contributed by atoms with Gasteiger partial charge in [0.2, 0.25) is 0 Å². The second-order valence-corrected chi connectivity index (χ2v) is 8.58. The van der Waals surface area contributed by atoms with Crippen LogP contribution in [0.2, 0.25) is 0 Å². The van der Waals surface area contributed by atoms with Gasteiger partial charge in [0.15, 0.2) is 0 Å². The van der Waals surface area contributed by atoms with Gasteiger partial charge in [-0.15, -0.1) is 0 Å². The maximum atomic E-state index is 11.7. The van der Waals surface area contributed by atoms with Crippen molar-refractivity contribution >= 4 is 0 Å². The summed E-state index contributed by atoms with van der Waals surface area (Å²) in [6.45, 7) is 3.88. The summed E-state index contributed by atoms with van der Waals surface area (Å²) in [4.78, 5) is 0. The Hall–Kier alpha value is -0.860. The van der Waals surface area contributed by atoms with Gasteiger partial charge in [-0.1, -0.05) is 49.6 Å². The summed E-state index contributed by atoms with van der Waals surface area (Å²) in [7, 11) is 2.42. The van der Waals surface area contributed by atoms with Crippen LogP contribution in [0.15, 0.2) is 30.3 Å². The van der Waals surface area contributed by atoms with E-state index in [-0.39, 0.29) is 0 Å². The summed E-state index contributed by atoms with van der Waals surface area (Å²) in [5.74, 6) is 0.445. The number of piperidine rings is 1. The van der Waals surface area contributed by atoms with E-state index < -0.39 is 5.60 Å². The first-order chi connectivity index (χ1) is 11.6. The molecule has 3 rings (SSSR count). The molecule has 1 aromatic rings.